The van der Waals surface area contributed by atoms with Crippen LogP contribution in [0.1, 0.15) is 23.6 Å². The minimum atomic E-state index is -0.877. The number of aryl methyl sites for hydroxylation is 1. The largest absolute Gasteiger partial charge is 0.490 e. The van der Waals surface area contributed by atoms with Crippen molar-refractivity contribution in [1.82, 2.24) is 5.32 Å². The summed E-state index contributed by atoms with van der Waals surface area (Å²) in [4.78, 5) is 10.5. The molecule has 2 rings (SSSR count). The molecule has 0 heterocycles. The highest BCUT2D eigenvalue weighted by Gasteiger charge is 2.07. The van der Waals surface area contributed by atoms with Gasteiger partial charge in [-0.3, -0.25) is 4.79 Å². The lowest BCUT2D eigenvalue weighted by Gasteiger charge is -2.14. The van der Waals surface area contributed by atoms with Crippen LogP contribution >= 0.6 is 0 Å². The van der Waals surface area contributed by atoms with Crippen molar-refractivity contribution >= 4 is 5.97 Å². The molecule has 0 aromatic heterocycles. The highest BCUT2D eigenvalue weighted by atomic mass is 16.5. The van der Waals surface area contributed by atoms with E-state index in [0.29, 0.717) is 31.3 Å². The SMILES string of the molecule is CCOc1cc(CNCC(=O)O)ccc1OCc1ccc(C)cc1. The second kappa shape index (κ2) is 8.93. The van der Waals surface area contributed by atoms with E-state index in [-0.39, 0.29) is 6.54 Å². The molecule has 0 saturated carbocycles. The molecule has 0 fully saturated rings. The summed E-state index contributed by atoms with van der Waals surface area (Å²) in [5.74, 6) is 0.469. The van der Waals surface area contributed by atoms with Gasteiger partial charge in [-0.25, -0.2) is 0 Å². The zero-order valence-electron chi connectivity index (χ0n) is 14.0. The number of hydrogen-bond acceptors (Lipinski definition) is 4. The Morgan fingerprint density at radius 3 is 2.42 bits per heavy atom. The quantitative estimate of drug-likeness (QED) is 0.740. The molecule has 0 aliphatic carbocycles. The number of hydrogen-bond donors (Lipinski definition) is 2. The van der Waals surface area contributed by atoms with Gasteiger partial charge in [-0.05, 0) is 37.1 Å². The molecule has 0 spiro atoms. The molecule has 0 radical (unpaired) electrons. The Hall–Kier alpha value is -2.53. The summed E-state index contributed by atoms with van der Waals surface area (Å²) < 4.78 is 11.5. The summed E-state index contributed by atoms with van der Waals surface area (Å²) in [5, 5.41) is 11.5. The van der Waals surface area contributed by atoms with Crippen LogP contribution < -0.4 is 14.8 Å². The Balaban J connectivity index is 2.02. The monoisotopic (exact) mass is 329 g/mol. The Morgan fingerprint density at radius 2 is 1.75 bits per heavy atom. The van der Waals surface area contributed by atoms with E-state index in [1.165, 1.54) is 5.56 Å². The average molecular weight is 329 g/mol. The van der Waals surface area contributed by atoms with Crippen molar-refractivity contribution in [3.05, 3.63) is 59.2 Å². The maximum absolute atomic E-state index is 10.5. The predicted molar refractivity (Wildman–Crippen MR) is 92.5 cm³/mol. The number of carboxylic acid groups (broad SMARTS) is 1. The van der Waals surface area contributed by atoms with Crippen LogP contribution in [-0.2, 0) is 17.9 Å². The molecule has 0 aliphatic heterocycles. The molecule has 0 amide bonds. The molecular weight excluding hydrogens is 306 g/mol. The molecule has 0 bridgehead atoms. The van der Waals surface area contributed by atoms with Crippen LogP contribution in [0.4, 0.5) is 0 Å². The van der Waals surface area contributed by atoms with Crippen LogP contribution in [0, 0.1) is 6.92 Å². The fourth-order valence-corrected chi connectivity index (χ4v) is 2.21. The molecular formula is C19H23NO4. The fraction of sp³-hybridized carbons (Fsp3) is 0.316. The van der Waals surface area contributed by atoms with Crippen LogP contribution in [0.15, 0.2) is 42.5 Å². The van der Waals surface area contributed by atoms with E-state index in [2.05, 4.69) is 24.4 Å². The number of benzene rings is 2. The molecule has 5 heteroatoms. The molecule has 0 saturated heterocycles. The van der Waals surface area contributed by atoms with Crippen LogP contribution in [-0.4, -0.2) is 24.2 Å². The Morgan fingerprint density at radius 1 is 1.04 bits per heavy atom. The number of rotatable bonds is 9. The summed E-state index contributed by atoms with van der Waals surface area (Å²) in [6.07, 6.45) is 0. The minimum absolute atomic E-state index is 0.0738. The van der Waals surface area contributed by atoms with E-state index < -0.39 is 5.97 Å². The molecule has 5 nitrogen and oxygen atoms in total. The third-order valence-corrected chi connectivity index (χ3v) is 3.43. The van der Waals surface area contributed by atoms with Gasteiger partial charge in [0.1, 0.15) is 6.61 Å². The van der Waals surface area contributed by atoms with Crippen LogP contribution in [0.25, 0.3) is 0 Å². The molecule has 2 aromatic carbocycles. The summed E-state index contributed by atoms with van der Waals surface area (Å²) >= 11 is 0. The van der Waals surface area contributed by atoms with E-state index in [9.17, 15) is 4.79 Å². The lowest BCUT2D eigenvalue weighted by Crippen LogP contribution is -2.21. The maximum Gasteiger partial charge on any atom is 0.317 e. The first kappa shape index (κ1) is 17.8. The molecule has 24 heavy (non-hydrogen) atoms. The van der Waals surface area contributed by atoms with E-state index in [1.54, 1.807) is 0 Å². The van der Waals surface area contributed by atoms with Gasteiger partial charge in [0.15, 0.2) is 11.5 Å². The van der Waals surface area contributed by atoms with Crippen LogP contribution in [0.5, 0.6) is 11.5 Å². The van der Waals surface area contributed by atoms with Gasteiger partial charge < -0.3 is 19.9 Å². The summed E-state index contributed by atoms with van der Waals surface area (Å²) in [6, 6.07) is 13.8. The Bertz CT molecular complexity index is 668. The lowest BCUT2D eigenvalue weighted by molar-refractivity contribution is -0.135. The first-order valence-electron chi connectivity index (χ1n) is 7.95. The summed E-state index contributed by atoms with van der Waals surface area (Å²) in [5.41, 5.74) is 3.25. The number of carbonyl (C=O) groups is 1. The third-order valence-electron chi connectivity index (χ3n) is 3.43. The maximum atomic E-state index is 10.5. The first-order chi connectivity index (χ1) is 11.6. The van der Waals surface area contributed by atoms with Crippen molar-refractivity contribution in [2.45, 2.75) is 27.0 Å². The van der Waals surface area contributed by atoms with Crippen molar-refractivity contribution in [3.8, 4) is 11.5 Å². The average Bonchev–Trinajstić information content (AvgIpc) is 2.55. The molecule has 128 valence electrons. The van der Waals surface area contributed by atoms with Gasteiger partial charge >= 0.3 is 5.97 Å². The van der Waals surface area contributed by atoms with E-state index in [0.717, 1.165) is 11.1 Å². The minimum Gasteiger partial charge on any atom is -0.490 e. The highest BCUT2D eigenvalue weighted by molar-refractivity contribution is 5.69. The second-order valence-corrected chi connectivity index (χ2v) is 5.49. The van der Waals surface area contributed by atoms with Crippen molar-refractivity contribution in [3.63, 3.8) is 0 Å². The van der Waals surface area contributed by atoms with Gasteiger partial charge in [0.25, 0.3) is 0 Å². The number of carboxylic acids is 1. The zero-order valence-corrected chi connectivity index (χ0v) is 14.0. The molecule has 0 atom stereocenters. The third kappa shape index (κ3) is 5.59. The number of ether oxygens (including phenoxy) is 2. The Labute approximate surface area is 142 Å². The fourth-order valence-electron chi connectivity index (χ4n) is 2.21. The van der Waals surface area contributed by atoms with Gasteiger partial charge in [0.2, 0.25) is 0 Å². The van der Waals surface area contributed by atoms with Crippen molar-refractivity contribution < 1.29 is 19.4 Å². The second-order valence-electron chi connectivity index (χ2n) is 5.49. The first-order valence-corrected chi connectivity index (χ1v) is 7.95. The van der Waals surface area contributed by atoms with Crippen molar-refractivity contribution in [2.24, 2.45) is 0 Å². The normalized spacial score (nSPS) is 10.4. The van der Waals surface area contributed by atoms with Gasteiger partial charge in [0.05, 0.1) is 13.2 Å². The van der Waals surface area contributed by atoms with E-state index >= 15 is 0 Å². The molecule has 0 aliphatic rings. The summed E-state index contributed by atoms with van der Waals surface area (Å²) in [7, 11) is 0. The van der Waals surface area contributed by atoms with Crippen molar-refractivity contribution in [2.75, 3.05) is 13.2 Å². The van der Waals surface area contributed by atoms with Crippen LogP contribution in [0.3, 0.4) is 0 Å². The van der Waals surface area contributed by atoms with Gasteiger partial charge in [0, 0.05) is 6.54 Å². The smallest absolute Gasteiger partial charge is 0.317 e. The van der Waals surface area contributed by atoms with Gasteiger partial charge in [-0.2, -0.15) is 0 Å². The van der Waals surface area contributed by atoms with Crippen molar-refractivity contribution in [1.29, 1.82) is 0 Å². The van der Waals surface area contributed by atoms with E-state index in [1.807, 2.05) is 37.3 Å². The molecule has 0 unspecified atom stereocenters. The topological polar surface area (TPSA) is 67.8 Å². The lowest BCUT2D eigenvalue weighted by atomic mass is 10.1. The standard InChI is InChI=1S/C19H23NO4/c1-3-23-18-10-16(11-20-12-19(21)22)8-9-17(18)24-13-15-6-4-14(2)5-7-15/h4-10,20H,3,11-13H2,1-2H3,(H,21,22). The molecule has 2 N–H and O–H groups in total. The highest BCUT2D eigenvalue weighted by Crippen LogP contribution is 2.29. The number of nitrogens with one attached hydrogen (secondary N) is 1. The van der Waals surface area contributed by atoms with Crippen LogP contribution in [0.2, 0.25) is 0 Å². The van der Waals surface area contributed by atoms with E-state index in [4.69, 9.17) is 14.6 Å². The predicted octanol–water partition coefficient (Wildman–Crippen LogP) is 3.15. The zero-order chi connectivity index (χ0) is 17.4. The van der Waals surface area contributed by atoms with Gasteiger partial charge in [-0.15, -0.1) is 0 Å². The molecule has 2 aromatic rings. The Kier molecular flexibility index (Phi) is 6.63. The number of aliphatic carboxylic acids is 1. The summed E-state index contributed by atoms with van der Waals surface area (Å²) in [6.45, 7) is 5.36. The van der Waals surface area contributed by atoms with Gasteiger partial charge in [-0.1, -0.05) is 35.9 Å².